The summed E-state index contributed by atoms with van der Waals surface area (Å²) in [6.45, 7) is 5.20. The van der Waals surface area contributed by atoms with Gasteiger partial charge in [-0.15, -0.1) is 0 Å². The van der Waals surface area contributed by atoms with Crippen LogP contribution in [-0.4, -0.2) is 57.3 Å². The zero-order valence-electron chi connectivity index (χ0n) is 16.6. The number of anilines is 3. The summed E-state index contributed by atoms with van der Waals surface area (Å²) in [6.07, 6.45) is -0.312. The molecule has 0 bridgehead atoms. The maximum atomic E-state index is 13.6. The molecule has 3 heterocycles. The fourth-order valence-corrected chi connectivity index (χ4v) is 3.33. The molecule has 2 aromatic heterocycles. The summed E-state index contributed by atoms with van der Waals surface area (Å²) in [5, 5.41) is 16.9. The second kappa shape index (κ2) is 8.33. The topological polar surface area (TPSA) is 88.3 Å². The summed E-state index contributed by atoms with van der Waals surface area (Å²) in [4.78, 5) is 11.1. The molecule has 0 spiro atoms. The number of hydrogen-bond acceptors (Lipinski definition) is 7. The van der Waals surface area contributed by atoms with Crippen LogP contribution in [0.15, 0.2) is 30.3 Å². The lowest BCUT2D eigenvalue weighted by molar-refractivity contribution is 0.00336. The van der Waals surface area contributed by atoms with Crippen molar-refractivity contribution >= 4 is 17.3 Å². The van der Waals surface area contributed by atoms with Gasteiger partial charge in [0, 0.05) is 36.6 Å². The van der Waals surface area contributed by atoms with Gasteiger partial charge in [-0.25, -0.2) is 13.5 Å². The van der Waals surface area contributed by atoms with Crippen molar-refractivity contribution in [2.75, 3.05) is 36.5 Å². The van der Waals surface area contributed by atoms with Gasteiger partial charge in [0.25, 0.3) is 5.95 Å². The van der Waals surface area contributed by atoms with Gasteiger partial charge in [-0.2, -0.15) is 15.1 Å². The monoisotopic (exact) mass is 416 g/mol. The maximum absolute atomic E-state index is 13.6. The summed E-state index contributed by atoms with van der Waals surface area (Å²) in [5.41, 5.74) is 2.04. The van der Waals surface area contributed by atoms with E-state index >= 15 is 0 Å². The Labute approximate surface area is 172 Å². The van der Waals surface area contributed by atoms with Gasteiger partial charge in [0.2, 0.25) is 0 Å². The normalized spacial score (nSPS) is 16.7. The number of rotatable bonds is 5. The Bertz CT molecular complexity index is 1060. The third-order valence-corrected chi connectivity index (χ3v) is 4.76. The average Bonchev–Trinajstić information content (AvgIpc) is 3.08. The van der Waals surface area contributed by atoms with Gasteiger partial charge in [0.15, 0.2) is 11.6 Å². The Morgan fingerprint density at radius 3 is 2.70 bits per heavy atom. The molecule has 0 aliphatic carbocycles. The average molecular weight is 416 g/mol. The number of hydrogen-bond donors (Lipinski definition) is 2. The second-order valence-electron chi connectivity index (χ2n) is 7.13. The van der Waals surface area contributed by atoms with Crippen molar-refractivity contribution in [1.82, 2.24) is 19.7 Å². The molecular formula is C20H22F2N6O2. The summed E-state index contributed by atoms with van der Waals surface area (Å²) in [6, 6.07) is 7.18. The van der Waals surface area contributed by atoms with E-state index in [-0.39, 0.29) is 12.7 Å². The van der Waals surface area contributed by atoms with E-state index in [4.69, 9.17) is 4.74 Å². The van der Waals surface area contributed by atoms with Gasteiger partial charge >= 0.3 is 0 Å². The zero-order valence-corrected chi connectivity index (χ0v) is 16.6. The predicted octanol–water partition coefficient (Wildman–Crippen LogP) is 2.50. The van der Waals surface area contributed by atoms with Gasteiger partial charge in [-0.3, -0.25) is 0 Å². The Morgan fingerprint density at radius 2 is 2.00 bits per heavy atom. The SMILES string of the molecule is Cc1cc(C)n(-c2nc(Nc3ccc(F)c(F)c3)cc(N3CCO[C@H](CO)C3)n2)n1. The van der Waals surface area contributed by atoms with Crippen LogP contribution in [0, 0.1) is 25.5 Å². The van der Waals surface area contributed by atoms with Crippen molar-refractivity contribution in [2.45, 2.75) is 20.0 Å². The van der Waals surface area contributed by atoms with E-state index in [2.05, 4.69) is 20.4 Å². The van der Waals surface area contributed by atoms with Crippen LogP contribution in [0.25, 0.3) is 5.95 Å². The summed E-state index contributed by atoms with van der Waals surface area (Å²) >= 11 is 0. The first-order chi connectivity index (χ1) is 14.4. The number of ether oxygens (including phenoxy) is 1. The molecule has 10 heteroatoms. The molecule has 0 radical (unpaired) electrons. The standard InChI is InChI=1S/C20H22F2N6O2/c1-12-7-13(2)28(26-12)20-24-18(23-14-3-4-16(21)17(22)8-14)9-19(25-20)27-5-6-30-15(10-27)11-29/h3-4,7-9,15,29H,5-6,10-11H2,1-2H3,(H,23,24,25)/t15-/m0/s1. The minimum Gasteiger partial charge on any atom is -0.394 e. The van der Waals surface area contributed by atoms with Crippen molar-refractivity contribution in [3.8, 4) is 5.95 Å². The molecular weight excluding hydrogens is 394 g/mol. The number of nitrogens with one attached hydrogen (secondary N) is 1. The Hall–Kier alpha value is -3.11. The highest BCUT2D eigenvalue weighted by molar-refractivity contribution is 5.61. The molecule has 30 heavy (non-hydrogen) atoms. The van der Waals surface area contributed by atoms with Crippen LogP contribution in [0.5, 0.6) is 0 Å². The zero-order chi connectivity index (χ0) is 21.3. The number of morpholine rings is 1. The molecule has 1 fully saturated rings. The summed E-state index contributed by atoms with van der Waals surface area (Å²) in [7, 11) is 0. The van der Waals surface area contributed by atoms with Crippen LogP contribution in [0.3, 0.4) is 0 Å². The molecule has 1 saturated heterocycles. The van der Waals surface area contributed by atoms with Gasteiger partial charge < -0.3 is 20.1 Å². The van der Waals surface area contributed by atoms with Crippen LogP contribution in [0.4, 0.5) is 26.1 Å². The molecule has 158 valence electrons. The number of aliphatic hydroxyl groups is 1. The van der Waals surface area contributed by atoms with Crippen LogP contribution in [0.1, 0.15) is 11.4 Å². The van der Waals surface area contributed by atoms with Crippen molar-refractivity contribution < 1.29 is 18.6 Å². The smallest absolute Gasteiger partial charge is 0.254 e. The quantitative estimate of drug-likeness (QED) is 0.661. The van der Waals surface area contributed by atoms with E-state index in [0.29, 0.717) is 43.0 Å². The molecule has 2 N–H and O–H groups in total. The molecule has 0 saturated carbocycles. The van der Waals surface area contributed by atoms with Crippen LogP contribution in [0.2, 0.25) is 0 Å². The summed E-state index contributed by atoms with van der Waals surface area (Å²) < 4.78 is 34.0. The third kappa shape index (κ3) is 4.24. The first-order valence-electron chi connectivity index (χ1n) is 9.55. The molecule has 1 aromatic carbocycles. The van der Waals surface area contributed by atoms with Crippen molar-refractivity contribution in [2.24, 2.45) is 0 Å². The minimum atomic E-state index is -0.952. The van der Waals surface area contributed by atoms with Crippen LogP contribution >= 0.6 is 0 Å². The molecule has 3 aromatic rings. The van der Waals surface area contributed by atoms with E-state index < -0.39 is 11.6 Å². The molecule has 8 nitrogen and oxygen atoms in total. The second-order valence-corrected chi connectivity index (χ2v) is 7.13. The highest BCUT2D eigenvalue weighted by Crippen LogP contribution is 2.24. The number of aromatic nitrogens is 4. The molecule has 0 unspecified atom stereocenters. The van der Waals surface area contributed by atoms with Crippen LogP contribution in [-0.2, 0) is 4.74 Å². The molecule has 1 atom stereocenters. The highest BCUT2D eigenvalue weighted by Gasteiger charge is 2.22. The molecule has 1 aliphatic rings. The fraction of sp³-hybridized carbons (Fsp3) is 0.350. The highest BCUT2D eigenvalue weighted by atomic mass is 19.2. The number of benzene rings is 1. The van der Waals surface area contributed by atoms with Crippen molar-refractivity contribution in [3.05, 3.63) is 53.4 Å². The van der Waals surface area contributed by atoms with Gasteiger partial charge in [0.05, 0.1) is 25.0 Å². The number of halogens is 2. The Balaban J connectivity index is 1.73. The summed E-state index contributed by atoms with van der Waals surface area (Å²) in [5.74, 6) is -0.516. The van der Waals surface area contributed by atoms with E-state index in [9.17, 15) is 13.9 Å². The first kappa shape index (κ1) is 20.2. The first-order valence-corrected chi connectivity index (χ1v) is 9.55. The fourth-order valence-electron chi connectivity index (χ4n) is 3.33. The Morgan fingerprint density at radius 1 is 1.17 bits per heavy atom. The van der Waals surface area contributed by atoms with Gasteiger partial charge in [-0.1, -0.05) is 0 Å². The van der Waals surface area contributed by atoms with E-state index in [1.807, 2.05) is 24.8 Å². The predicted molar refractivity (Wildman–Crippen MR) is 107 cm³/mol. The number of aliphatic hydroxyl groups excluding tert-OH is 1. The van der Waals surface area contributed by atoms with E-state index in [1.165, 1.54) is 6.07 Å². The van der Waals surface area contributed by atoms with Crippen molar-refractivity contribution in [1.29, 1.82) is 0 Å². The lowest BCUT2D eigenvalue weighted by atomic mass is 10.2. The van der Waals surface area contributed by atoms with E-state index in [0.717, 1.165) is 23.5 Å². The largest absolute Gasteiger partial charge is 0.394 e. The van der Waals surface area contributed by atoms with Gasteiger partial charge in [0.1, 0.15) is 11.6 Å². The van der Waals surface area contributed by atoms with Gasteiger partial charge in [-0.05, 0) is 32.0 Å². The number of aryl methyl sites for hydroxylation is 2. The minimum absolute atomic E-state index is 0.0914. The molecule has 1 aliphatic heterocycles. The van der Waals surface area contributed by atoms with Crippen LogP contribution < -0.4 is 10.2 Å². The molecule has 4 rings (SSSR count). The third-order valence-electron chi connectivity index (χ3n) is 4.76. The Kier molecular flexibility index (Phi) is 5.60. The van der Waals surface area contributed by atoms with Crippen molar-refractivity contribution in [3.63, 3.8) is 0 Å². The number of nitrogens with zero attached hydrogens (tertiary/aromatic N) is 5. The van der Waals surface area contributed by atoms with E-state index in [1.54, 1.807) is 10.7 Å². The maximum Gasteiger partial charge on any atom is 0.254 e. The lowest BCUT2D eigenvalue weighted by Crippen LogP contribution is -2.44. The molecule has 0 amide bonds. The lowest BCUT2D eigenvalue weighted by Gasteiger charge is -2.33.